The molecule has 124 valence electrons. The van der Waals surface area contributed by atoms with E-state index in [0.29, 0.717) is 0 Å². The Morgan fingerprint density at radius 1 is 1.25 bits per heavy atom. The normalized spacial score (nSPS) is 11.8. The molecule has 0 bridgehead atoms. The Kier molecular flexibility index (Phi) is 3.43. The molecule has 0 saturated heterocycles. The zero-order chi connectivity index (χ0) is 17.6. The molecule has 0 amide bonds. The number of carboxylic acids is 1. The Balaban J connectivity index is 2.50. The van der Waals surface area contributed by atoms with Crippen LogP contribution in [0.3, 0.4) is 0 Å². The number of aromatic amines is 1. The van der Waals surface area contributed by atoms with Crippen molar-refractivity contribution in [1.29, 1.82) is 0 Å². The van der Waals surface area contributed by atoms with E-state index in [9.17, 15) is 22.8 Å². The number of carbonyl (C=O) groups is 1. The highest BCUT2D eigenvalue weighted by atomic mass is 19.4. The Bertz CT molecular complexity index is 1000. The molecule has 2 heterocycles. The number of H-pyrrole nitrogens is 1. The number of hydrogen-bond donors (Lipinski definition) is 2. The third-order valence-corrected chi connectivity index (χ3v) is 3.49. The number of nitrogens with zero attached hydrogens (tertiary/aromatic N) is 2. The third-order valence-electron chi connectivity index (χ3n) is 3.49. The van der Waals surface area contributed by atoms with Gasteiger partial charge in [-0.25, -0.2) is 14.3 Å². The number of alkyl halides is 3. The Hall–Kier alpha value is -3.10. The molecule has 6 nitrogen and oxygen atoms in total. The van der Waals surface area contributed by atoms with E-state index >= 15 is 0 Å². The van der Waals surface area contributed by atoms with Crippen LogP contribution in [0.1, 0.15) is 21.7 Å². The molecule has 0 radical (unpaired) electrons. The van der Waals surface area contributed by atoms with Gasteiger partial charge in [0, 0.05) is 11.3 Å². The number of hydrogen-bond acceptors (Lipinski definition) is 3. The number of imidazole rings is 1. The second-order valence-electron chi connectivity index (χ2n) is 5.08. The fourth-order valence-corrected chi connectivity index (χ4v) is 2.50. The average molecular weight is 337 g/mol. The van der Waals surface area contributed by atoms with Gasteiger partial charge in [0.1, 0.15) is 11.3 Å². The topological polar surface area (TPSA) is 87.5 Å². The summed E-state index contributed by atoms with van der Waals surface area (Å²) in [7, 11) is 0. The highest BCUT2D eigenvalue weighted by Gasteiger charge is 2.39. The lowest BCUT2D eigenvalue weighted by molar-refractivity contribution is -0.140. The van der Waals surface area contributed by atoms with Gasteiger partial charge < -0.3 is 5.11 Å². The summed E-state index contributed by atoms with van der Waals surface area (Å²) in [5.41, 5.74) is -3.82. The fourth-order valence-electron chi connectivity index (χ4n) is 2.50. The largest absolute Gasteiger partial charge is 0.477 e. The number of aromatic carboxylic acids is 1. The van der Waals surface area contributed by atoms with Crippen LogP contribution in [0.4, 0.5) is 13.2 Å². The number of aromatic nitrogens is 3. The Morgan fingerprint density at radius 2 is 1.88 bits per heavy atom. The molecule has 2 aromatic heterocycles. The molecule has 9 heteroatoms. The maximum absolute atomic E-state index is 13.4. The van der Waals surface area contributed by atoms with Crippen molar-refractivity contribution in [2.45, 2.75) is 13.1 Å². The maximum Gasteiger partial charge on any atom is 0.435 e. The molecule has 0 spiro atoms. The van der Waals surface area contributed by atoms with Crippen LogP contribution in [-0.4, -0.2) is 25.7 Å². The molecule has 0 unspecified atom stereocenters. The van der Waals surface area contributed by atoms with Crippen LogP contribution in [0, 0.1) is 6.92 Å². The summed E-state index contributed by atoms with van der Waals surface area (Å²) in [6.45, 7) is 1.30. The molecule has 3 rings (SSSR count). The van der Waals surface area contributed by atoms with E-state index in [4.69, 9.17) is 5.11 Å². The Labute approximate surface area is 132 Å². The number of rotatable bonds is 2. The standard InChI is InChI=1S/C15H10F3N3O3/c1-7-9(14(23)24)11(22)13-19-12(15(16,17)18)10(21(13)20-7)8-5-3-2-4-6-8/h2-6,20H,1H3,(H,23,24). The van der Waals surface area contributed by atoms with Gasteiger partial charge in [-0.05, 0) is 6.92 Å². The van der Waals surface area contributed by atoms with Gasteiger partial charge >= 0.3 is 12.1 Å². The quantitative estimate of drug-likeness (QED) is 0.753. The molecule has 0 aliphatic rings. The monoisotopic (exact) mass is 337 g/mol. The molecule has 3 aromatic rings. The van der Waals surface area contributed by atoms with E-state index in [1.54, 1.807) is 18.2 Å². The molecule has 0 saturated carbocycles. The van der Waals surface area contributed by atoms with Crippen LogP contribution in [0.15, 0.2) is 35.1 Å². The molecule has 0 atom stereocenters. The molecule has 1 aromatic carbocycles. The average Bonchev–Trinajstić information content (AvgIpc) is 2.87. The van der Waals surface area contributed by atoms with Crippen LogP contribution < -0.4 is 5.43 Å². The van der Waals surface area contributed by atoms with Gasteiger partial charge in [0.05, 0.1) is 0 Å². The van der Waals surface area contributed by atoms with Gasteiger partial charge in [0.25, 0.3) is 0 Å². The predicted molar refractivity (Wildman–Crippen MR) is 77.9 cm³/mol. The minimum atomic E-state index is -4.81. The highest BCUT2D eigenvalue weighted by Crippen LogP contribution is 2.36. The van der Waals surface area contributed by atoms with Crippen molar-refractivity contribution in [3.05, 3.63) is 57.5 Å². The summed E-state index contributed by atoms with van der Waals surface area (Å²) in [5, 5.41) is 11.6. The van der Waals surface area contributed by atoms with Crippen molar-refractivity contribution in [2.75, 3.05) is 0 Å². The van der Waals surface area contributed by atoms with E-state index in [2.05, 4.69) is 10.1 Å². The lowest BCUT2D eigenvalue weighted by Gasteiger charge is -2.09. The van der Waals surface area contributed by atoms with Gasteiger partial charge in [-0.15, -0.1) is 0 Å². The molecule has 0 aliphatic heterocycles. The van der Waals surface area contributed by atoms with Gasteiger partial charge in [-0.1, -0.05) is 30.3 Å². The first-order valence-corrected chi connectivity index (χ1v) is 6.73. The zero-order valence-electron chi connectivity index (χ0n) is 12.2. The number of fused-ring (bicyclic) bond motifs is 1. The van der Waals surface area contributed by atoms with Crippen molar-refractivity contribution in [3.63, 3.8) is 0 Å². The van der Waals surface area contributed by atoms with E-state index in [-0.39, 0.29) is 17.0 Å². The van der Waals surface area contributed by atoms with Crippen LogP contribution in [0.5, 0.6) is 0 Å². The SMILES string of the molecule is Cc1[nH]n2c(-c3ccccc3)c(C(F)(F)F)nc2c(=O)c1C(=O)O. The molecule has 24 heavy (non-hydrogen) atoms. The summed E-state index contributed by atoms with van der Waals surface area (Å²) in [4.78, 5) is 26.8. The summed E-state index contributed by atoms with van der Waals surface area (Å²) >= 11 is 0. The van der Waals surface area contributed by atoms with Crippen molar-refractivity contribution in [1.82, 2.24) is 14.6 Å². The first-order chi connectivity index (χ1) is 11.2. The predicted octanol–water partition coefficient (Wildman–Crippen LogP) is 2.72. The number of halogens is 3. The smallest absolute Gasteiger partial charge is 0.435 e. The first kappa shape index (κ1) is 15.8. The fraction of sp³-hybridized carbons (Fsp3) is 0.133. The Morgan fingerprint density at radius 3 is 2.42 bits per heavy atom. The highest BCUT2D eigenvalue weighted by molar-refractivity contribution is 5.90. The van der Waals surface area contributed by atoms with E-state index in [1.165, 1.54) is 19.1 Å². The number of carboxylic acid groups (broad SMARTS) is 1. The molecule has 2 N–H and O–H groups in total. The molecule has 0 aliphatic carbocycles. The van der Waals surface area contributed by atoms with Crippen LogP contribution >= 0.6 is 0 Å². The number of aryl methyl sites for hydroxylation is 1. The van der Waals surface area contributed by atoms with Crippen molar-refractivity contribution in [3.8, 4) is 11.3 Å². The van der Waals surface area contributed by atoms with Crippen LogP contribution in [0.2, 0.25) is 0 Å². The second-order valence-corrected chi connectivity index (χ2v) is 5.08. The van der Waals surface area contributed by atoms with Crippen LogP contribution in [0.25, 0.3) is 16.9 Å². The van der Waals surface area contributed by atoms with Crippen molar-refractivity contribution in [2.24, 2.45) is 0 Å². The number of nitrogens with one attached hydrogen (secondary N) is 1. The summed E-state index contributed by atoms with van der Waals surface area (Å²) in [6.07, 6.45) is -4.81. The van der Waals surface area contributed by atoms with Gasteiger partial charge in [-0.3, -0.25) is 9.89 Å². The van der Waals surface area contributed by atoms with Crippen molar-refractivity contribution < 1.29 is 23.1 Å². The zero-order valence-corrected chi connectivity index (χ0v) is 12.2. The summed E-state index contributed by atoms with van der Waals surface area (Å²) in [5.74, 6) is -1.53. The van der Waals surface area contributed by atoms with E-state index in [0.717, 1.165) is 4.52 Å². The van der Waals surface area contributed by atoms with E-state index in [1.807, 2.05) is 0 Å². The lowest BCUT2D eigenvalue weighted by Crippen LogP contribution is -2.21. The second kappa shape index (κ2) is 5.22. The summed E-state index contributed by atoms with van der Waals surface area (Å²) < 4.78 is 40.9. The van der Waals surface area contributed by atoms with Gasteiger partial charge in [-0.2, -0.15) is 13.2 Å². The van der Waals surface area contributed by atoms with Crippen LogP contribution in [-0.2, 0) is 6.18 Å². The van der Waals surface area contributed by atoms with Gasteiger partial charge in [0.2, 0.25) is 11.1 Å². The molecular weight excluding hydrogens is 327 g/mol. The van der Waals surface area contributed by atoms with Crippen molar-refractivity contribution >= 4 is 11.6 Å². The minimum Gasteiger partial charge on any atom is -0.477 e. The molecule has 0 fully saturated rings. The maximum atomic E-state index is 13.4. The molecular formula is C15H10F3N3O3. The van der Waals surface area contributed by atoms with Gasteiger partial charge in [0.15, 0.2) is 5.69 Å². The summed E-state index contributed by atoms with van der Waals surface area (Å²) in [6, 6.07) is 7.61. The van der Waals surface area contributed by atoms with E-state index < -0.39 is 34.5 Å². The first-order valence-electron chi connectivity index (χ1n) is 6.73. The third kappa shape index (κ3) is 2.34. The lowest BCUT2D eigenvalue weighted by atomic mass is 10.1. The number of benzene rings is 1. The minimum absolute atomic E-state index is 0.0664.